The lowest BCUT2D eigenvalue weighted by Gasteiger charge is -2.25. The molecule has 1 aromatic rings. The van der Waals surface area contributed by atoms with Crippen LogP contribution in [0.2, 0.25) is 0 Å². The predicted octanol–water partition coefficient (Wildman–Crippen LogP) is 1.35. The maximum Gasteiger partial charge on any atom is 0.331 e. The van der Waals surface area contributed by atoms with E-state index in [4.69, 9.17) is 10.00 Å². The van der Waals surface area contributed by atoms with Crippen LogP contribution in [0.1, 0.15) is 12.0 Å². The fraction of sp³-hybridized carbons (Fsp3) is 0.333. The third-order valence-corrected chi connectivity index (χ3v) is 2.91. The zero-order valence-corrected chi connectivity index (χ0v) is 9.44. The van der Waals surface area contributed by atoms with E-state index in [0.29, 0.717) is 18.7 Å². The van der Waals surface area contributed by atoms with Crippen molar-refractivity contribution in [1.82, 2.24) is 0 Å². The Morgan fingerprint density at radius 2 is 2.39 bits per heavy atom. The molecule has 0 bridgehead atoms. The Kier molecular flexibility index (Phi) is 3.17. The summed E-state index contributed by atoms with van der Waals surface area (Å²) in [6.45, 7) is 0.354. The van der Waals surface area contributed by atoms with Gasteiger partial charge in [-0.25, -0.2) is 9.18 Å². The van der Waals surface area contributed by atoms with E-state index in [1.807, 2.05) is 6.07 Å². The average molecular weight is 250 g/mol. The zero-order chi connectivity index (χ0) is 13.2. The highest BCUT2D eigenvalue weighted by molar-refractivity contribution is 5.84. The highest BCUT2D eigenvalue weighted by atomic mass is 19.1. The van der Waals surface area contributed by atoms with Gasteiger partial charge in [0.15, 0.2) is 5.54 Å². The van der Waals surface area contributed by atoms with Gasteiger partial charge in [0.2, 0.25) is 0 Å². The SMILES string of the molecule is N#Cc1cc(F)ccc1NC1(C(=O)O)CCOC1. The average Bonchev–Trinajstić information content (AvgIpc) is 2.81. The van der Waals surface area contributed by atoms with Gasteiger partial charge in [-0.1, -0.05) is 0 Å². The van der Waals surface area contributed by atoms with Gasteiger partial charge < -0.3 is 15.2 Å². The summed E-state index contributed by atoms with van der Waals surface area (Å²) >= 11 is 0. The number of aliphatic carboxylic acids is 1. The third-order valence-electron chi connectivity index (χ3n) is 2.91. The Bertz CT molecular complexity index is 519. The lowest BCUT2D eigenvalue weighted by molar-refractivity contribution is -0.142. The van der Waals surface area contributed by atoms with Gasteiger partial charge in [0.25, 0.3) is 0 Å². The lowest BCUT2D eigenvalue weighted by atomic mass is 9.98. The molecule has 1 aromatic carbocycles. The van der Waals surface area contributed by atoms with Crippen molar-refractivity contribution in [3.8, 4) is 6.07 Å². The Hall–Kier alpha value is -2.13. The number of rotatable bonds is 3. The molecule has 1 unspecified atom stereocenters. The number of benzene rings is 1. The summed E-state index contributed by atoms with van der Waals surface area (Å²) in [6, 6.07) is 5.43. The number of nitriles is 1. The first-order valence-corrected chi connectivity index (χ1v) is 5.36. The summed E-state index contributed by atoms with van der Waals surface area (Å²) in [5.74, 6) is -1.59. The van der Waals surface area contributed by atoms with E-state index in [9.17, 15) is 14.3 Å². The minimum Gasteiger partial charge on any atom is -0.479 e. The summed E-state index contributed by atoms with van der Waals surface area (Å²) < 4.78 is 18.1. The smallest absolute Gasteiger partial charge is 0.331 e. The highest BCUT2D eigenvalue weighted by Gasteiger charge is 2.42. The molecule has 2 rings (SSSR count). The maximum absolute atomic E-state index is 13.0. The number of halogens is 1. The fourth-order valence-corrected chi connectivity index (χ4v) is 1.86. The van der Waals surface area contributed by atoms with Crippen molar-refractivity contribution >= 4 is 11.7 Å². The van der Waals surface area contributed by atoms with Crippen LogP contribution >= 0.6 is 0 Å². The third kappa shape index (κ3) is 2.13. The number of carbonyl (C=O) groups is 1. The summed E-state index contributed by atoms with van der Waals surface area (Å²) in [7, 11) is 0. The van der Waals surface area contributed by atoms with E-state index in [-0.39, 0.29) is 12.2 Å². The number of nitrogens with zero attached hydrogens (tertiary/aromatic N) is 1. The molecule has 0 aromatic heterocycles. The Balaban J connectivity index is 2.33. The van der Waals surface area contributed by atoms with Gasteiger partial charge in [-0.3, -0.25) is 0 Å². The van der Waals surface area contributed by atoms with Crippen LogP contribution in [0.5, 0.6) is 0 Å². The molecule has 0 amide bonds. The van der Waals surface area contributed by atoms with Crippen LogP contribution in [0.3, 0.4) is 0 Å². The van der Waals surface area contributed by atoms with Crippen LogP contribution in [0.25, 0.3) is 0 Å². The van der Waals surface area contributed by atoms with Crippen molar-refractivity contribution in [1.29, 1.82) is 5.26 Å². The van der Waals surface area contributed by atoms with Crippen molar-refractivity contribution in [2.24, 2.45) is 0 Å². The van der Waals surface area contributed by atoms with Gasteiger partial charge in [0.05, 0.1) is 17.9 Å². The van der Waals surface area contributed by atoms with Gasteiger partial charge in [0, 0.05) is 13.0 Å². The van der Waals surface area contributed by atoms with E-state index < -0.39 is 17.3 Å². The lowest BCUT2D eigenvalue weighted by Crippen LogP contribution is -2.47. The Morgan fingerprint density at radius 1 is 1.61 bits per heavy atom. The van der Waals surface area contributed by atoms with Crippen molar-refractivity contribution < 1.29 is 19.0 Å². The summed E-state index contributed by atoms with van der Waals surface area (Å²) in [6.07, 6.45) is 0.296. The molecular weight excluding hydrogens is 239 g/mol. The van der Waals surface area contributed by atoms with Gasteiger partial charge in [0.1, 0.15) is 11.9 Å². The normalized spacial score (nSPS) is 22.4. The molecule has 1 aliphatic rings. The van der Waals surface area contributed by atoms with Crippen LogP contribution in [-0.2, 0) is 9.53 Å². The number of anilines is 1. The minimum atomic E-state index is -1.25. The van der Waals surface area contributed by atoms with Crippen LogP contribution < -0.4 is 5.32 Å². The van der Waals surface area contributed by atoms with Gasteiger partial charge in [-0.05, 0) is 18.2 Å². The fourth-order valence-electron chi connectivity index (χ4n) is 1.86. The summed E-state index contributed by atoms with van der Waals surface area (Å²) in [5, 5.41) is 20.9. The highest BCUT2D eigenvalue weighted by Crippen LogP contribution is 2.27. The van der Waals surface area contributed by atoms with Crippen LogP contribution in [0.15, 0.2) is 18.2 Å². The van der Waals surface area contributed by atoms with E-state index in [1.165, 1.54) is 12.1 Å². The van der Waals surface area contributed by atoms with Crippen molar-refractivity contribution in [2.45, 2.75) is 12.0 Å². The van der Waals surface area contributed by atoms with E-state index >= 15 is 0 Å². The van der Waals surface area contributed by atoms with Gasteiger partial charge >= 0.3 is 5.97 Å². The molecule has 0 aliphatic carbocycles. The molecule has 18 heavy (non-hydrogen) atoms. The first kappa shape index (κ1) is 12.3. The molecule has 1 heterocycles. The second-order valence-electron chi connectivity index (χ2n) is 4.12. The molecule has 5 nitrogen and oxygen atoms in total. The molecule has 94 valence electrons. The monoisotopic (exact) mass is 250 g/mol. The summed E-state index contributed by atoms with van der Waals surface area (Å²) in [4.78, 5) is 11.3. The van der Waals surface area contributed by atoms with Crippen LogP contribution in [0.4, 0.5) is 10.1 Å². The second kappa shape index (κ2) is 4.63. The topological polar surface area (TPSA) is 82.4 Å². The van der Waals surface area contributed by atoms with Crippen LogP contribution in [-0.4, -0.2) is 29.8 Å². The summed E-state index contributed by atoms with van der Waals surface area (Å²) in [5.41, 5.74) is -0.877. The number of carboxylic acids is 1. The number of hydrogen-bond donors (Lipinski definition) is 2. The molecular formula is C12H11FN2O3. The van der Waals surface area contributed by atoms with E-state index in [1.54, 1.807) is 0 Å². The Labute approximate surface area is 103 Å². The second-order valence-corrected chi connectivity index (χ2v) is 4.12. The number of carboxylic acid groups (broad SMARTS) is 1. The molecule has 6 heteroatoms. The van der Waals surface area contributed by atoms with E-state index in [2.05, 4.69) is 5.32 Å². The van der Waals surface area contributed by atoms with Gasteiger partial charge in [-0.2, -0.15) is 5.26 Å². The zero-order valence-electron chi connectivity index (χ0n) is 9.44. The Morgan fingerprint density at radius 3 is 2.94 bits per heavy atom. The standard InChI is InChI=1S/C12H11FN2O3/c13-9-1-2-10(8(5-9)6-14)15-12(11(16)17)3-4-18-7-12/h1-2,5,15H,3-4,7H2,(H,16,17). The van der Waals surface area contributed by atoms with Crippen LogP contribution in [0, 0.1) is 17.1 Å². The first-order valence-electron chi connectivity index (χ1n) is 5.36. The number of hydrogen-bond acceptors (Lipinski definition) is 4. The molecule has 1 atom stereocenters. The molecule has 1 saturated heterocycles. The number of ether oxygens (including phenoxy) is 1. The first-order chi connectivity index (χ1) is 8.57. The van der Waals surface area contributed by atoms with Crippen molar-refractivity contribution in [3.05, 3.63) is 29.6 Å². The largest absolute Gasteiger partial charge is 0.479 e. The maximum atomic E-state index is 13.0. The van der Waals surface area contributed by atoms with Crippen molar-refractivity contribution in [3.63, 3.8) is 0 Å². The molecule has 0 radical (unpaired) electrons. The molecule has 1 fully saturated rings. The molecule has 0 spiro atoms. The minimum absolute atomic E-state index is 0.0184. The molecule has 0 saturated carbocycles. The van der Waals surface area contributed by atoms with Crippen molar-refractivity contribution in [2.75, 3.05) is 18.5 Å². The molecule has 1 aliphatic heterocycles. The van der Waals surface area contributed by atoms with E-state index in [0.717, 1.165) is 6.07 Å². The number of nitrogens with one attached hydrogen (secondary N) is 1. The quantitative estimate of drug-likeness (QED) is 0.846. The predicted molar refractivity (Wildman–Crippen MR) is 60.5 cm³/mol. The van der Waals surface area contributed by atoms with Gasteiger partial charge in [-0.15, -0.1) is 0 Å². The molecule has 2 N–H and O–H groups in total.